The van der Waals surface area contributed by atoms with Crippen LogP contribution in [-0.2, 0) is 16.9 Å². The van der Waals surface area contributed by atoms with Crippen LogP contribution in [0.15, 0.2) is 77.9 Å². The molecule has 3 aliphatic rings. The number of para-hydroxylation sites is 1. The van der Waals surface area contributed by atoms with Crippen LogP contribution in [0.3, 0.4) is 0 Å². The van der Waals surface area contributed by atoms with Gasteiger partial charge < -0.3 is 10.1 Å². The van der Waals surface area contributed by atoms with Crippen LogP contribution in [0.5, 0.6) is 5.75 Å². The summed E-state index contributed by atoms with van der Waals surface area (Å²) in [6.45, 7) is 2.11. The van der Waals surface area contributed by atoms with Crippen molar-refractivity contribution in [1.29, 1.82) is 0 Å². The van der Waals surface area contributed by atoms with E-state index >= 15 is 0 Å². The average molecular weight is 395 g/mol. The smallest absolute Gasteiger partial charge is 0.306 e. The summed E-state index contributed by atoms with van der Waals surface area (Å²) in [4.78, 5) is 13.5. The lowest BCUT2D eigenvalue weighted by atomic mass is 9.91. The van der Waals surface area contributed by atoms with Crippen molar-refractivity contribution < 1.29 is 9.53 Å². The van der Waals surface area contributed by atoms with Gasteiger partial charge in [0.25, 0.3) is 5.91 Å². The number of nitrogens with zero attached hydrogens (tertiary/aromatic N) is 2. The number of hydrazone groups is 1. The van der Waals surface area contributed by atoms with Gasteiger partial charge in [0.15, 0.2) is 0 Å². The Kier molecular flexibility index (Phi) is 3.57. The van der Waals surface area contributed by atoms with E-state index in [1.165, 1.54) is 0 Å². The third-order valence-corrected chi connectivity index (χ3v) is 6.29. The van der Waals surface area contributed by atoms with Crippen molar-refractivity contribution in [2.24, 2.45) is 5.10 Å². The van der Waals surface area contributed by atoms with Crippen LogP contribution in [0.25, 0.3) is 0 Å². The van der Waals surface area contributed by atoms with Gasteiger partial charge in [0.2, 0.25) is 0 Å². The van der Waals surface area contributed by atoms with Crippen molar-refractivity contribution >= 4 is 17.3 Å². The first kappa shape index (κ1) is 17.3. The second kappa shape index (κ2) is 6.20. The Bertz CT molecular complexity index is 1200. The Morgan fingerprint density at radius 2 is 1.90 bits per heavy atom. The van der Waals surface area contributed by atoms with E-state index in [0.717, 1.165) is 52.2 Å². The summed E-state index contributed by atoms with van der Waals surface area (Å²) < 4.78 is 6.52. The number of rotatable bonds is 2. The number of hydrogen-bond acceptors (Lipinski definition) is 4. The van der Waals surface area contributed by atoms with Crippen molar-refractivity contribution in [3.63, 3.8) is 0 Å². The van der Waals surface area contributed by atoms with Gasteiger partial charge in [-0.1, -0.05) is 61.5 Å². The molecule has 0 bridgehead atoms. The molecule has 1 N–H and O–H groups in total. The molecule has 3 heterocycles. The summed E-state index contributed by atoms with van der Waals surface area (Å²) >= 11 is 0. The van der Waals surface area contributed by atoms with E-state index in [-0.39, 0.29) is 11.9 Å². The van der Waals surface area contributed by atoms with Gasteiger partial charge in [-0.2, -0.15) is 5.10 Å². The molecule has 1 amide bonds. The molecule has 0 aliphatic carbocycles. The van der Waals surface area contributed by atoms with Gasteiger partial charge in [-0.3, -0.25) is 4.79 Å². The summed E-state index contributed by atoms with van der Waals surface area (Å²) in [6.07, 6.45) is 1.61. The molecule has 148 valence electrons. The first-order chi connectivity index (χ1) is 14.7. The SMILES string of the molecule is CCc1ccc2c(c1)C1(Oc3ccccc3C3CC(c4ccccc4)=NN31)C(=O)N2. The predicted molar refractivity (Wildman–Crippen MR) is 115 cm³/mol. The Balaban J connectivity index is 1.58. The largest absolute Gasteiger partial charge is 0.453 e. The van der Waals surface area contributed by atoms with Crippen molar-refractivity contribution in [3.05, 3.63) is 95.1 Å². The molecule has 3 aromatic rings. The van der Waals surface area contributed by atoms with Gasteiger partial charge in [-0.25, -0.2) is 5.01 Å². The summed E-state index contributed by atoms with van der Waals surface area (Å²) in [5.41, 5.74) is 4.59. The molecule has 5 heteroatoms. The first-order valence-electron chi connectivity index (χ1n) is 10.4. The lowest BCUT2D eigenvalue weighted by Crippen LogP contribution is -2.55. The Morgan fingerprint density at radius 3 is 2.73 bits per heavy atom. The number of aryl methyl sites for hydroxylation is 1. The van der Waals surface area contributed by atoms with Gasteiger partial charge in [0.1, 0.15) is 5.75 Å². The predicted octanol–water partition coefficient (Wildman–Crippen LogP) is 4.60. The number of fused-ring (bicyclic) bond motifs is 6. The number of nitrogens with one attached hydrogen (secondary N) is 1. The van der Waals surface area contributed by atoms with Crippen LogP contribution in [0.4, 0.5) is 5.69 Å². The fraction of sp³-hybridized carbons (Fsp3) is 0.200. The molecule has 0 saturated heterocycles. The highest BCUT2D eigenvalue weighted by molar-refractivity contribution is 6.07. The number of hydrogen-bond donors (Lipinski definition) is 1. The van der Waals surface area contributed by atoms with Crippen LogP contribution in [0.2, 0.25) is 0 Å². The number of amides is 1. The Labute approximate surface area is 175 Å². The summed E-state index contributed by atoms with van der Waals surface area (Å²) in [5, 5.41) is 9.90. The average Bonchev–Trinajstić information content (AvgIpc) is 3.35. The molecular formula is C25H21N3O2. The number of benzene rings is 3. The fourth-order valence-corrected chi connectivity index (χ4v) is 4.76. The molecular weight excluding hydrogens is 374 g/mol. The van der Waals surface area contributed by atoms with E-state index in [1.807, 2.05) is 47.5 Å². The topological polar surface area (TPSA) is 53.9 Å². The first-order valence-corrected chi connectivity index (χ1v) is 10.4. The minimum Gasteiger partial charge on any atom is -0.453 e. The van der Waals surface area contributed by atoms with E-state index in [1.54, 1.807) is 0 Å². The van der Waals surface area contributed by atoms with E-state index in [0.29, 0.717) is 0 Å². The second-order valence-corrected chi connectivity index (χ2v) is 7.95. The third kappa shape index (κ3) is 2.23. The van der Waals surface area contributed by atoms with Crippen LogP contribution in [-0.4, -0.2) is 16.6 Å². The maximum absolute atomic E-state index is 13.5. The fourth-order valence-electron chi connectivity index (χ4n) is 4.76. The molecule has 30 heavy (non-hydrogen) atoms. The van der Waals surface area contributed by atoms with Crippen molar-refractivity contribution in [1.82, 2.24) is 5.01 Å². The van der Waals surface area contributed by atoms with Gasteiger partial charge in [-0.15, -0.1) is 0 Å². The van der Waals surface area contributed by atoms with E-state index in [9.17, 15) is 4.79 Å². The van der Waals surface area contributed by atoms with Gasteiger partial charge in [0, 0.05) is 12.0 Å². The van der Waals surface area contributed by atoms with Gasteiger partial charge in [0.05, 0.1) is 23.0 Å². The maximum Gasteiger partial charge on any atom is 0.306 e. The molecule has 5 nitrogen and oxygen atoms in total. The zero-order valence-corrected chi connectivity index (χ0v) is 16.6. The normalized spacial score (nSPS) is 23.4. The highest BCUT2D eigenvalue weighted by atomic mass is 16.5. The summed E-state index contributed by atoms with van der Waals surface area (Å²) in [6, 6.07) is 24.2. The number of anilines is 1. The standard InChI is InChI=1S/C25H21N3O2/c1-2-16-12-13-20-19(14-16)25(24(29)26-20)28-22(18-10-6-7-11-23(18)30-25)15-21(27-28)17-8-4-3-5-9-17/h3-14,22H,2,15H2,1H3,(H,26,29). The number of carbonyl (C=O) groups is 1. The van der Waals surface area contributed by atoms with Crippen molar-refractivity contribution in [2.75, 3.05) is 5.32 Å². The van der Waals surface area contributed by atoms with Crippen LogP contribution >= 0.6 is 0 Å². The maximum atomic E-state index is 13.5. The van der Waals surface area contributed by atoms with Crippen molar-refractivity contribution in [3.8, 4) is 5.75 Å². The van der Waals surface area contributed by atoms with Gasteiger partial charge >= 0.3 is 5.72 Å². The van der Waals surface area contributed by atoms with Crippen LogP contribution in [0.1, 0.15) is 41.6 Å². The Morgan fingerprint density at radius 1 is 1.10 bits per heavy atom. The molecule has 0 saturated carbocycles. The van der Waals surface area contributed by atoms with Crippen LogP contribution in [0, 0.1) is 0 Å². The van der Waals surface area contributed by atoms with Crippen LogP contribution < -0.4 is 10.1 Å². The summed E-state index contributed by atoms with van der Waals surface area (Å²) in [7, 11) is 0. The molecule has 0 fully saturated rings. The van der Waals surface area contributed by atoms with E-state index in [4.69, 9.17) is 9.84 Å². The molecule has 2 unspecified atom stereocenters. The van der Waals surface area contributed by atoms with E-state index < -0.39 is 5.72 Å². The monoisotopic (exact) mass is 395 g/mol. The van der Waals surface area contributed by atoms with E-state index in [2.05, 4.69) is 42.6 Å². The molecule has 0 radical (unpaired) electrons. The molecule has 6 rings (SSSR count). The number of ether oxygens (including phenoxy) is 1. The molecule has 2 atom stereocenters. The quantitative estimate of drug-likeness (QED) is 0.690. The minimum atomic E-state index is -1.30. The third-order valence-electron chi connectivity index (χ3n) is 6.29. The molecule has 0 aromatic heterocycles. The molecule has 3 aromatic carbocycles. The Hall–Kier alpha value is -3.60. The number of carbonyl (C=O) groups excluding carboxylic acids is 1. The molecule has 3 aliphatic heterocycles. The zero-order chi connectivity index (χ0) is 20.3. The zero-order valence-electron chi connectivity index (χ0n) is 16.6. The second-order valence-electron chi connectivity index (χ2n) is 7.95. The van der Waals surface area contributed by atoms with Crippen molar-refractivity contribution in [2.45, 2.75) is 31.5 Å². The highest BCUT2D eigenvalue weighted by Crippen LogP contribution is 2.54. The summed E-state index contributed by atoms with van der Waals surface area (Å²) in [5.74, 6) is 0.552. The highest BCUT2D eigenvalue weighted by Gasteiger charge is 2.60. The van der Waals surface area contributed by atoms with Gasteiger partial charge in [-0.05, 0) is 35.7 Å². The minimum absolute atomic E-state index is 0.0628. The lowest BCUT2D eigenvalue weighted by molar-refractivity contribution is -0.161. The molecule has 1 spiro atoms. The lowest BCUT2D eigenvalue weighted by Gasteiger charge is -2.44.